The van der Waals surface area contributed by atoms with Crippen LogP contribution in [0.15, 0.2) is 89.7 Å². The summed E-state index contributed by atoms with van der Waals surface area (Å²) in [5.41, 5.74) is 2.10. The Hall–Kier alpha value is -4.19. The van der Waals surface area contributed by atoms with Crippen molar-refractivity contribution in [2.24, 2.45) is 7.05 Å². The Labute approximate surface area is 173 Å². The molecule has 0 spiro atoms. The van der Waals surface area contributed by atoms with Crippen molar-refractivity contribution in [2.75, 3.05) is 5.32 Å². The summed E-state index contributed by atoms with van der Waals surface area (Å²) in [7, 11) is 1.51. The Bertz CT molecular complexity index is 1270. The van der Waals surface area contributed by atoms with Crippen LogP contribution >= 0.6 is 0 Å². The van der Waals surface area contributed by atoms with E-state index in [9.17, 15) is 14.7 Å². The molecule has 0 aliphatic heterocycles. The van der Waals surface area contributed by atoms with Gasteiger partial charge in [0.2, 0.25) is 0 Å². The van der Waals surface area contributed by atoms with Crippen LogP contribution in [0.3, 0.4) is 0 Å². The van der Waals surface area contributed by atoms with Gasteiger partial charge >= 0.3 is 0 Å². The van der Waals surface area contributed by atoms with Gasteiger partial charge in [0.15, 0.2) is 0 Å². The molecule has 0 bridgehead atoms. The number of aromatic nitrogens is 2. The second-order valence-corrected chi connectivity index (χ2v) is 6.73. The molecule has 0 aliphatic rings. The molecule has 2 N–H and O–H groups in total. The van der Waals surface area contributed by atoms with E-state index in [1.165, 1.54) is 13.1 Å². The van der Waals surface area contributed by atoms with Gasteiger partial charge in [-0.2, -0.15) is 5.10 Å². The van der Waals surface area contributed by atoms with Gasteiger partial charge in [0.05, 0.1) is 11.4 Å². The number of aromatic hydroxyl groups is 1. The Kier molecular flexibility index (Phi) is 5.13. The van der Waals surface area contributed by atoms with Crippen molar-refractivity contribution in [1.29, 1.82) is 0 Å². The molecular weight excluding hydrogens is 378 g/mol. The number of hydrogen-bond donors (Lipinski definition) is 2. The molecule has 3 aromatic carbocycles. The number of aryl methyl sites for hydroxylation is 1. The van der Waals surface area contributed by atoms with Gasteiger partial charge in [0.25, 0.3) is 11.5 Å². The maximum atomic E-state index is 13.3. The fourth-order valence-electron chi connectivity index (χ4n) is 3.29. The van der Waals surface area contributed by atoms with Crippen LogP contribution in [0.25, 0.3) is 22.4 Å². The van der Waals surface area contributed by atoms with Gasteiger partial charge in [-0.25, -0.2) is 4.68 Å². The van der Waals surface area contributed by atoms with Gasteiger partial charge in [-0.05, 0) is 17.7 Å². The molecule has 0 saturated carbocycles. The summed E-state index contributed by atoms with van der Waals surface area (Å²) < 4.78 is 1.16. The molecule has 0 fully saturated rings. The minimum atomic E-state index is -0.615. The molecule has 0 atom stereocenters. The predicted octanol–water partition coefficient (Wildman–Crippen LogP) is 4.07. The average molecular weight is 397 g/mol. The predicted molar refractivity (Wildman–Crippen MR) is 116 cm³/mol. The van der Waals surface area contributed by atoms with Crippen molar-refractivity contribution in [2.45, 2.75) is 0 Å². The van der Waals surface area contributed by atoms with Crippen LogP contribution in [0, 0.1) is 0 Å². The van der Waals surface area contributed by atoms with Crippen molar-refractivity contribution in [3.05, 3.63) is 101 Å². The minimum absolute atomic E-state index is 0.0409. The first kappa shape index (κ1) is 19.1. The van der Waals surface area contributed by atoms with Crippen LogP contribution in [-0.4, -0.2) is 20.8 Å². The number of carbonyl (C=O) groups excluding carboxylic acids is 1. The lowest BCUT2D eigenvalue weighted by Gasteiger charge is -2.16. The topological polar surface area (TPSA) is 84.2 Å². The van der Waals surface area contributed by atoms with Crippen LogP contribution in [0.5, 0.6) is 5.75 Å². The summed E-state index contributed by atoms with van der Waals surface area (Å²) in [4.78, 5) is 26.3. The van der Waals surface area contributed by atoms with Crippen molar-refractivity contribution < 1.29 is 9.90 Å². The number of carbonyl (C=O) groups is 1. The monoisotopic (exact) mass is 397 g/mol. The number of benzene rings is 3. The first-order chi connectivity index (χ1) is 14.6. The van der Waals surface area contributed by atoms with Gasteiger partial charge in [-0.3, -0.25) is 9.59 Å². The molecule has 6 heteroatoms. The van der Waals surface area contributed by atoms with E-state index in [0.29, 0.717) is 16.8 Å². The molecule has 0 saturated heterocycles. The SMILES string of the molecule is Cn1nc(-c2ccccc2)c(-c2ccccc2)c(C(=O)Nc2ccccc2O)c1=O. The summed E-state index contributed by atoms with van der Waals surface area (Å²) in [5, 5.41) is 17.2. The van der Waals surface area contributed by atoms with E-state index < -0.39 is 11.5 Å². The lowest BCUT2D eigenvalue weighted by Crippen LogP contribution is -2.31. The molecule has 6 nitrogen and oxygen atoms in total. The van der Waals surface area contributed by atoms with Crippen molar-refractivity contribution in [3.63, 3.8) is 0 Å². The summed E-state index contributed by atoms with van der Waals surface area (Å²) in [6.45, 7) is 0. The number of para-hydroxylation sites is 2. The normalized spacial score (nSPS) is 10.6. The molecule has 30 heavy (non-hydrogen) atoms. The fraction of sp³-hybridized carbons (Fsp3) is 0.0417. The molecule has 148 valence electrons. The molecule has 4 rings (SSSR count). The second-order valence-electron chi connectivity index (χ2n) is 6.73. The smallest absolute Gasteiger partial charge is 0.280 e. The highest BCUT2D eigenvalue weighted by Gasteiger charge is 2.24. The number of phenols is 1. The third-order valence-corrected chi connectivity index (χ3v) is 4.73. The lowest BCUT2D eigenvalue weighted by molar-refractivity contribution is 0.102. The number of nitrogens with zero attached hydrogens (tertiary/aromatic N) is 2. The minimum Gasteiger partial charge on any atom is -0.506 e. The first-order valence-electron chi connectivity index (χ1n) is 9.37. The maximum absolute atomic E-state index is 13.3. The van der Waals surface area contributed by atoms with Gasteiger partial charge in [0.1, 0.15) is 11.3 Å². The van der Waals surface area contributed by atoms with Gasteiger partial charge < -0.3 is 10.4 Å². The van der Waals surface area contributed by atoms with Crippen molar-refractivity contribution in [1.82, 2.24) is 9.78 Å². The van der Waals surface area contributed by atoms with E-state index in [-0.39, 0.29) is 17.0 Å². The average Bonchev–Trinajstić information content (AvgIpc) is 2.78. The zero-order valence-corrected chi connectivity index (χ0v) is 16.2. The van der Waals surface area contributed by atoms with Gasteiger partial charge in [-0.15, -0.1) is 0 Å². The van der Waals surface area contributed by atoms with E-state index in [2.05, 4.69) is 10.4 Å². The van der Waals surface area contributed by atoms with E-state index in [1.807, 2.05) is 60.7 Å². The highest BCUT2D eigenvalue weighted by molar-refractivity contribution is 6.10. The largest absolute Gasteiger partial charge is 0.506 e. The number of anilines is 1. The van der Waals surface area contributed by atoms with Crippen LogP contribution in [0.2, 0.25) is 0 Å². The van der Waals surface area contributed by atoms with Crippen LogP contribution in [-0.2, 0) is 7.05 Å². The number of nitrogens with one attached hydrogen (secondary N) is 1. The molecule has 0 unspecified atom stereocenters. The van der Waals surface area contributed by atoms with Gasteiger partial charge in [-0.1, -0.05) is 72.8 Å². The van der Waals surface area contributed by atoms with E-state index in [0.717, 1.165) is 10.2 Å². The summed E-state index contributed by atoms with van der Waals surface area (Å²) in [6, 6.07) is 25.0. The zero-order valence-electron chi connectivity index (χ0n) is 16.2. The van der Waals surface area contributed by atoms with E-state index in [4.69, 9.17) is 0 Å². The van der Waals surface area contributed by atoms with Gasteiger partial charge in [0, 0.05) is 18.2 Å². The van der Waals surface area contributed by atoms with E-state index >= 15 is 0 Å². The van der Waals surface area contributed by atoms with Crippen LogP contribution in [0.4, 0.5) is 5.69 Å². The third kappa shape index (κ3) is 3.58. The third-order valence-electron chi connectivity index (χ3n) is 4.73. The summed E-state index contributed by atoms with van der Waals surface area (Å²) in [6.07, 6.45) is 0. The Morgan fingerprint density at radius 1 is 0.867 bits per heavy atom. The molecule has 4 aromatic rings. The number of hydrogen-bond acceptors (Lipinski definition) is 4. The second kappa shape index (κ2) is 8.05. The van der Waals surface area contributed by atoms with E-state index in [1.54, 1.807) is 18.2 Å². The zero-order chi connectivity index (χ0) is 21.1. The van der Waals surface area contributed by atoms with Crippen molar-refractivity contribution >= 4 is 11.6 Å². The Morgan fingerprint density at radius 2 is 1.43 bits per heavy atom. The van der Waals surface area contributed by atoms with Crippen molar-refractivity contribution in [3.8, 4) is 28.1 Å². The molecular formula is C24H19N3O3. The maximum Gasteiger partial charge on any atom is 0.280 e. The molecule has 0 aliphatic carbocycles. The first-order valence-corrected chi connectivity index (χ1v) is 9.37. The van der Waals surface area contributed by atoms with Crippen LogP contribution < -0.4 is 10.9 Å². The number of rotatable bonds is 4. The Balaban J connectivity index is 1.97. The number of phenolic OH excluding ortho intramolecular Hbond substituents is 1. The quantitative estimate of drug-likeness (QED) is 0.509. The lowest BCUT2D eigenvalue weighted by atomic mass is 9.95. The highest BCUT2D eigenvalue weighted by atomic mass is 16.3. The number of amides is 1. The molecule has 1 heterocycles. The molecule has 1 aromatic heterocycles. The fourth-order valence-corrected chi connectivity index (χ4v) is 3.29. The standard InChI is InChI=1S/C24H19N3O3/c1-27-24(30)21(23(29)25-18-14-8-9-15-19(18)28)20(16-10-4-2-5-11-16)22(26-27)17-12-6-3-7-13-17/h2-15,28H,1H3,(H,25,29). The molecule has 0 radical (unpaired) electrons. The Morgan fingerprint density at radius 3 is 2.07 bits per heavy atom. The molecule has 1 amide bonds. The summed E-state index contributed by atoms with van der Waals surface area (Å²) >= 11 is 0. The summed E-state index contributed by atoms with van der Waals surface area (Å²) in [5.74, 6) is -0.697. The highest BCUT2D eigenvalue weighted by Crippen LogP contribution is 2.32. The van der Waals surface area contributed by atoms with Crippen LogP contribution in [0.1, 0.15) is 10.4 Å².